The Morgan fingerprint density at radius 2 is 1.84 bits per heavy atom. The summed E-state index contributed by atoms with van der Waals surface area (Å²) in [5.74, 6) is 0.217. The zero-order chi connectivity index (χ0) is 14.0. The van der Waals surface area contributed by atoms with Gasteiger partial charge in [-0.2, -0.15) is 0 Å². The fraction of sp³-hybridized carbons (Fsp3) is 0. The number of pyridine rings is 1. The molecule has 0 aliphatic carbocycles. The zero-order valence-corrected chi connectivity index (χ0v) is 13.2. The molecule has 1 aromatic carbocycles. The number of benzene rings is 1. The SMILES string of the molecule is O=S(=O)(Nc1ccc(Br)cn1)c1ccc(Cl)c(Cl)c1. The number of nitrogens with one attached hydrogen (secondary N) is 1. The maximum absolute atomic E-state index is 12.1. The first-order valence-electron chi connectivity index (χ1n) is 4.98. The lowest BCUT2D eigenvalue weighted by atomic mass is 10.4. The van der Waals surface area contributed by atoms with Crippen LogP contribution in [-0.4, -0.2) is 13.4 Å². The summed E-state index contributed by atoms with van der Waals surface area (Å²) >= 11 is 14.8. The van der Waals surface area contributed by atoms with Crippen LogP contribution in [-0.2, 0) is 10.0 Å². The Hall–Kier alpha value is -0.820. The Balaban J connectivity index is 2.32. The molecule has 8 heteroatoms. The summed E-state index contributed by atoms with van der Waals surface area (Å²) in [6.07, 6.45) is 1.49. The van der Waals surface area contributed by atoms with Crippen molar-refractivity contribution in [3.8, 4) is 0 Å². The van der Waals surface area contributed by atoms with Gasteiger partial charge in [-0.15, -0.1) is 0 Å². The molecule has 0 aliphatic rings. The molecule has 1 aromatic heterocycles. The lowest BCUT2D eigenvalue weighted by Gasteiger charge is -2.08. The van der Waals surface area contributed by atoms with Gasteiger partial charge in [0.05, 0.1) is 14.9 Å². The maximum Gasteiger partial charge on any atom is 0.263 e. The van der Waals surface area contributed by atoms with Gasteiger partial charge >= 0.3 is 0 Å². The highest BCUT2D eigenvalue weighted by Crippen LogP contribution is 2.25. The standard InChI is InChI=1S/C11H7BrCl2N2O2S/c12-7-1-4-11(15-6-7)16-19(17,18)8-2-3-9(13)10(14)5-8/h1-6H,(H,15,16). The van der Waals surface area contributed by atoms with E-state index in [1.54, 1.807) is 12.1 Å². The van der Waals surface area contributed by atoms with Crippen LogP contribution in [0.15, 0.2) is 45.9 Å². The summed E-state index contributed by atoms with van der Waals surface area (Å²) in [6.45, 7) is 0. The normalized spacial score (nSPS) is 11.3. The van der Waals surface area contributed by atoms with Crippen LogP contribution < -0.4 is 4.72 Å². The van der Waals surface area contributed by atoms with E-state index in [0.29, 0.717) is 5.02 Å². The number of anilines is 1. The minimum absolute atomic E-state index is 0.0200. The van der Waals surface area contributed by atoms with Gasteiger partial charge in [0.1, 0.15) is 5.82 Å². The number of sulfonamides is 1. The molecular formula is C11H7BrCl2N2O2S. The molecule has 0 saturated carbocycles. The van der Waals surface area contributed by atoms with E-state index in [2.05, 4.69) is 25.6 Å². The van der Waals surface area contributed by atoms with Gasteiger partial charge in [-0.05, 0) is 46.3 Å². The molecule has 4 nitrogen and oxygen atoms in total. The van der Waals surface area contributed by atoms with Gasteiger partial charge in [0.2, 0.25) is 0 Å². The first kappa shape index (κ1) is 14.6. The predicted octanol–water partition coefficient (Wildman–Crippen LogP) is 3.95. The van der Waals surface area contributed by atoms with Crippen molar-refractivity contribution < 1.29 is 8.42 Å². The molecule has 19 heavy (non-hydrogen) atoms. The van der Waals surface area contributed by atoms with Gasteiger partial charge in [-0.3, -0.25) is 4.72 Å². The third-order valence-corrected chi connectivity index (χ3v) is 4.73. The number of hydrogen-bond donors (Lipinski definition) is 1. The molecule has 0 bridgehead atoms. The van der Waals surface area contributed by atoms with Gasteiger partial charge in [0.15, 0.2) is 0 Å². The van der Waals surface area contributed by atoms with Crippen LogP contribution in [0.2, 0.25) is 10.0 Å². The average molecular weight is 382 g/mol. The van der Waals surface area contributed by atoms with E-state index in [4.69, 9.17) is 23.2 Å². The smallest absolute Gasteiger partial charge is 0.263 e. The van der Waals surface area contributed by atoms with E-state index in [1.165, 1.54) is 24.4 Å². The summed E-state index contributed by atoms with van der Waals surface area (Å²) in [4.78, 5) is 3.95. The number of halogens is 3. The van der Waals surface area contributed by atoms with Crippen molar-refractivity contribution in [1.29, 1.82) is 0 Å². The lowest BCUT2D eigenvalue weighted by molar-refractivity contribution is 0.601. The highest BCUT2D eigenvalue weighted by atomic mass is 79.9. The van der Waals surface area contributed by atoms with E-state index in [1.807, 2.05) is 0 Å². The van der Waals surface area contributed by atoms with Crippen molar-refractivity contribution in [1.82, 2.24) is 4.98 Å². The Bertz CT molecular complexity index is 705. The minimum atomic E-state index is -3.74. The largest absolute Gasteiger partial charge is 0.263 e. The molecular weight excluding hydrogens is 375 g/mol. The van der Waals surface area contributed by atoms with Gasteiger partial charge in [-0.25, -0.2) is 13.4 Å². The van der Waals surface area contributed by atoms with E-state index in [-0.39, 0.29) is 15.7 Å². The molecule has 0 saturated heterocycles. The monoisotopic (exact) mass is 380 g/mol. The summed E-state index contributed by atoms with van der Waals surface area (Å²) in [5, 5.41) is 0.468. The second-order valence-electron chi connectivity index (χ2n) is 3.54. The Morgan fingerprint density at radius 3 is 2.42 bits per heavy atom. The fourth-order valence-corrected chi connectivity index (χ4v) is 2.91. The molecule has 0 radical (unpaired) electrons. The molecule has 0 fully saturated rings. The van der Waals surface area contributed by atoms with Crippen molar-refractivity contribution in [2.75, 3.05) is 4.72 Å². The van der Waals surface area contributed by atoms with Crippen molar-refractivity contribution in [3.05, 3.63) is 51.0 Å². The van der Waals surface area contributed by atoms with Gasteiger partial charge in [0, 0.05) is 10.7 Å². The van der Waals surface area contributed by atoms with Crippen molar-refractivity contribution in [2.24, 2.45) is 0 Å². The summed E-state index contributed by atoms with van der Waals surface area (Å²) < 4.78 is 27.3. The predicted molar refractivity (Wildman–Crippen MR) is 79.2 cm³/mol. The second kappa shape index (κ2) is 5.66. The topological polar surface area (TPSA) is 59.1 Å². The van der Waals surface area contributed by atoms with Crippen molar-refractivity contribution >= 4 is 55.0 Å². The number of rotatable bonds is 3. The highest BCUT2D eigenvalue weighted by molar-refractivity contribution is 9.10. The van der Waals surface area contributed by atoms with Crippen LogP contribution in [0.1, 0.15) is 0 Å². The lowest BCUT2D eigenvalue weighted by Crippen LogP contribution is -2.13. The molecule has 100 valence electrons. The van der Waals surface area contributed by atoms with E-state index in [9.17, 15) is 8.42 Å². The first-order chi connectivity index (χ1) is 8.88. The Labute approximate surface area is 128 Å². The minimum Gasteiger partial charge on any atom is -0.263 e. The van der Waals surface area contributed by atoms with Crippen molar-refractivity contribution in [2.45, 2.75) is 4.90 Å². The Morgan fingerprint density at radius 1 is 1.11 bits per heavy atom. The van der Waals surface area contributed by atoms with Gasteiger partial charge < -0.3 is 0 Å². The van der Waals surface area contributed by atoms with Crippen LogP contribution in [0.3, 0.4) is 0 Å². The van der Waals surface area contributed by atoms with Crippen molar-refractivity contribution in [3.63, 3.8) is 0 Å². The maximum atomic E-state index is 12.1. The molecule has 2 aromatic rings. The van der Waals surface area contributed by atoms with Gasteiger partial charge in [0.25, 0.3) is 10.0 Å². The molecule has 1 heterocycles. The highest BCUT2D eigenvalue weighted by Gasteiger charge is 2.16. The molecule has 0 amide bonds. The zero-order valence-electron chi connectivity index (χ0n) is 9.27. The van der Waals surface area contributed by atoms with Crippen LogP contribution in [0.5, 0.6) is 0 Å². The number of nitrogens with zero attached hydrogens (tertiary/aromatic N) is 1. The van der Waals surface area contributed by atoms with E-state index in [0.717, 1.165) is 4.47 Å². The molecule has 0 atom stereocenters. The molecule has 0 unspecified atom stereocenters. The van der Waals surface area contributed by atoms with Crippen LogP contribution in [0.4, 0.5) is 5.82 Å². The number of hydrogen-bond acceptors (Lipinski definition) is 3. The Kier molecular flexibility index (Phi) is 4.35. The van der Waals surface area contributed by atoms with E-state index >= 15 is 0 Å². The molecule has 1 N–H and O–H groups in total. The first-order valence-corrected chi connectivity index (χ1v) is 8.01. The van der Waals surface area contributed by atoms with Crippen LogP contribution in [0.25, 0.3) is 0 Å². The number of aromatic nitrogens is 1. The summed E-state index contributed by atoms with van der Waals surface area (Å²) in [6, 6.07) is 7.30. The van der Waals surface area contributed by atoms with Crippen LogP contribution >= 0.6 is 39.1 Å². The summed E-state index contributed by atoms with van der Waals surface area (Å²) in [7, 11) is -3.74. The quantitative estimate of drug-likeness (QED) is 0.875. The van der Waals surface area contributed by atoms with Gasteiger partial charge in [-0.1, -0.05) is 23.2 Å². The average Bonchev–Trinajstić information content (AvgIpc) is 2.35. The third kappa shape index (κ3) is 3.60. The van der Waals surface area contributed by atoms with Crippen LogP contribution in [0, 0.1) is 0 Å². The molecule has 2 rings (SSSR count). The second-order valence-corrected chi connectivity index (χ2v) is 6.96. The van der Waals surface area contributed by atoms with E-state index < -0.39 is 10.0 Å². The summed E-state index contributed by atoms with van der Waals surface area (Å²) in [5.41, 5.74) is 0. The fourth-order valence-electron chi connectivity index (χ4n) is 1.28. The third-order valence-electron chi connectivity index (χ3n) is 2.17. The molecule has 0 aliphatic heterocycles. The molecule has 0 spiro atoms.